The Morgan fingerprint density at radius 3 is 2.44 bits per heavy atom. The molecule has 0 aromatic heterocycles. The van der Waals surface area contributed by atoms with Crippen LogP contribution in [0.4, 0.5) is 18.0 Å². The van der Waals surface area contributed by atoms with Gasteiger partial charge in [0.05, 0.1) is 0 Å². The first-order chi connectivity index (χ1) is 7.44. The number of piperidine rings is 1. The molecule has 0 unspecified atom stereocenters. The van der Waals surface area contributed by atoms with E-state index in [0.717, 1.165) is 4.90 Å². The van der Waals surface area contributed by atoms with Crippen molar-refractivity contribution in [2.45, 2.75) is 25.1 Å². The number of hydrogen-bond acceptors (Lipinski definition) is 2. The highest BCUT2D eigenvalue weighted by Gasteiger charge is 2.36. The van der Waals surface area contributed by atoms with E-state index in [4.69, 9.17) is 0 Å². The highest BCUT2D eigenvalue weighted by atomic mass is 19.4. The van der Waals surface area contributed by atoms with Crippen molar-refractivity contribution >= 4 is 6.03 Å². The van der Waals surface area contributed by atoms with E-state index in [2.05, 4.69) is 10.6 Å². The molecule has 0 spiro atoms. The molecule has 94 valence electrons. The van der Waals surface area contributed by atoms with Crippen molar-refractivity contribution in [1.82, 2.24) is 15.5 Å². The van der Waals surface area contributed by atoms with Crippen LogP contribution in [0.3, 0.4) is 0 Å². The fourth-order valence-electron chi connectivity index (χ4n) is 1.82. The Balaban J connectivity index is 2.65. The largest absolute Gasteiger partial charge is 0.406 e. The summed E-state index contributed by atoms with van der Waals surface area (Å²) < 4.78 is 37.0. The van der Waals surface area contributed by atoms with E-state index in [9.17, 15) is 18.0 Å². The van der Waals surface area contributed by atoms with Gasteiger partial charge in [-0.2, -0.15) is 13.2 Å². The van der Waals surface area contributed by atoms with E-state index in [0.29, 0.717) is 25.9 Å². The van der Waals surface area contributed by atoms with Crippen molar-refractivity contribution in [2.24, 2.45) is 0 Å². The Kier molecular flexibility index (Phi) is 4.40. The smallest absolute Gasteiger partial charge is 0.341 e. The number of halogens is 3. The average molecular weight is 239 g/mol. The van der Waals surface area contributed by atoms with Crippen LogP contribution < -0.4 is 10.6 Å². The lowest BCUT2D eigenvalue weighted by atomic mass is 10.1. The predicted octanol–water partition coefficient (Wildman–Crippen LogP) is 0.942. The third-order valence-electron chi connectivity index (χ3n) is 2.57. The van der Waals surface area contributed by atoms with Crippen LogP contribution in [0.5, 0.6) is 0 Å². The number of nitrogens with zero attached hydrogens (tertiary/aromatic N) is 1. The lowest BCUT2D eigenvalue weighted by Gasteiger charge is -2.34. The molecule has 1 aliphatic rings. The number of nitrogens with one attached hydrogen (secondary N) is 2. The molecule has 0 atom stereocenters. The van der Waals surface area contributed by atoms with Crippen LogP contribution in [-0.4, -0.2) is 49.8 Å². The molecule has 0 aromatic rings. The van der Waals surface area contributed by atoms with E-state index in [1.165, 1.54) is 7.05 Å². The highest BCUT2D eigenvalue weighted by molar-refractivity contribution is 5.74. The molecule has 1 heterocycles. The summed E-state index contributed by atoms with van der Waals surface area (Å²) in [5.74, 6) is 0. The molecular formula is C9H16F3N3O. The molecule has 0 bridgehead atoms. The van der Waals surface area contributed by atoms with Gasteiger partial charge in [-0.3, -0.25) is 0 Å². The van der Waals surface area contributed by atoms with Crippen molar-refractivity contribution < 1.29 is 18.0 Å². The minimum Gasteiger partial charge on any atom is -0.341 e. The number of carbonyl (C=O) groups is 1. The van der Waals surface area contributed by atoms with Gasteiger partial charge in [-0.1, -0.05) is 0 Å². The van der Waals surface area contributed by atoms with Gasteiger partial charge in [0.15, 0.2) is 0 Å². The number of amides is 2. The minimum absolute atomic E-state index is 0.331. The number of urea groups is 1. The first-order valence-electron chi connectivity index (χ1n) is 5.20. The average Bonchev–Trinajstić information content (AvgIpc) is 2.25. The first-order valence-corrected chi connectivity index (χ1v) is 5.20. The maximum Gasteiger partial charge on any atom is 0.406 e. The number of rotatable bonds is 2. The third-order valence-corrected chi connectivity index (χ3v) is 2.57. The van der Waals surface area contributed by atoms with Gasteiger partial charge < -0.3 is 15.5 Å². The topological polar surface area (TPSA) is 44.4 Å². The lowest BCUT2D eigenvalue weighted by molar-refractivity contribution is -0.144. The quantitative estimate of drug-likeness (QED) is 0.753. The summed E-state index contributed by atoms with van der Waals surface area (Å²) in [6.45, 7) is 0.114. The molecule has 2 N–H and O–H groups in total. The summed E-state index contributed by atoms with van der Waals surface area (Å²) >= 11 is 0. The van der Waals surface area contributed by atoms with Crippen molar-refractivity contribution in [3.8, 4) is 0 Å². The lowest BCUT2D eigenvalue weighted by Crippen LogP contribution is -2.52. The minimum atomic E-state index is -4.35. The zero-order valence-electron chi connectivity index (χ0n) is 9.10. The molecule has 16 heavy (non-hydrogen) atoms. The summed E-state index contributed by atoms with van der Waals surface area (Å²) in [5.41, 5.74) is 0. The Bertz CT molecular complexity index is 239. The van der Waals surface area contributed by atoms with Gasteiger partial charge in [0, 0.05) is 13.1 Å². The normalized spacial score (nSPS) is 18.2. The van der Waals surface area contributed by atoms with Crippen LogP contribution >= 0.6 is 0 Å². The number of hydrogen-bond donors (Lipinski definition) is 2. The van der Waals surface area contributed by atoms with Crippen LogP contribution in [0.15, 0.2) is 0 Å². The molecule has 4 nitrogen and oxygen atoms in total. The maximum atomic E-state index is 12.3. The summed E-state index contributed by atoms with van der Waals surface area (Å²) in [7, 11) is 1.34. The summed E-state index contributed by atoms with van der Waals surface area (Å²) in [5, 5.41) is 5.30. The molecule has 7 heteroatoms. The van der Waals surface area contributed by atoms with Crippen LogP contribution in [-0.2, 0) is 0 Å². The van der Waals surface area contributed by atoms with E-state index >= 15 is 0 Å². The summed E-state index contributed by atoms with van der Waals surface area (Å²) in [6.07, 6.45) is -3.23. The highest BCUT2D eigenvalue weighted by Crippen LogP contribution is 2.21. The third kappa shape index (κ3) is 3.88. The first kappa shape index (κ1) is 13.1. The van der Waals surface area contributed by atoms with Crippen LogP contribution in [0.1, 0.15) is 12.8 Å². The van der Waals surface area contributed by atoms with E-state index in [1.54, 1.807) is 0 Å². The Hall–Kier alpha value is -0.980. The second-order valence-corrected chi connectivity index (χ2v) is 3.78. The molecule has 2 amide bonds. The molecule has 1 fully saturated rings. The Morgan fingerprint density at radius 1 is 1.44 bits per heavy atom. The molecule has 0 aliphatic carbocycles. The molecule has 0 aromatic carbocycles. The maximum absolute atomic E-state index is 12.3. The van der Waals surface area contributed by atoms with E-state index < -0.39 is 18.8 Å². The second-order valence-electron chi connectivity index (χ2n) is 3.78. The second kappa shape index (κ2) is 5.38. The molecule has 0 radical (unpaired) electrons. The van der Waals surface area contributed by atoms with Crippen molar-refractivity contribution in [3.63, 3.8) is 0 Å². The van der Waals surface area contributed by atoms with Crippen LogP contribution in [0, 0.1) is 0 Å². The van der Waals surface area contributed by atoms with E-state index in [-0.39, 0.29) is 6.04 Å². The number of alkyl halides is 3. The summed E-state index contributed by atoms with van der Waals surface area (Å²) in [4.78, 5) is 12.3. The molecule has 0 saturated carbocycles. The zero-order valence-corrected chi connectivity index (χ0v) is 9.10. The van der Waals surface area contributed by atoms with Gasteiger partial charge in [-0.25, -0.2) is 4.79 Å². The van der Waals surface area contributed by atoms with E-state index in [1.807, 2.05) is 0 Å². The van der Waals surface area contributed by atoms with Gasteiger partial charge in [0.2, 0.25) is 0 Å². The molecule has 1 saturated heterocycles. The SMILES string of the molecule is CNC(=O)N(CC(F)(F)F)C1CCNCC1. The zero-order chi connectivity index (χ0) is 12.2. The fraction of sp³-hybridized carbons (Fsp3) is 0.889. The van der Waals surface area contributed by atoms with Crippen LogP contribution in [0.25, 0.3) is 0 Å². The molecule has 1 aliphatic heterocycles. The van der Waals surface area contributed by atoms with Crippen molar-refractivity contribution in [3.05, 3.63) is 0 Å². The van der Waals surface area contributed by atoms with Crippen molar-refractivity contribution in [2.75, 3.05) is 26.7 Å². The van der Waals surface area contributed by atoms with Gasteiger partial charge >= 0.3 is 12.2 Å². The van der Waals surface area contributed by atoms with Gasteiger partial charge in [0.1, 0.15) is 6.54 Å². The Morgan fingerprint density at radius 2 is 2.00 bits per heavy atom. The monoisotopic (exact) mass is 239 g/mol. The Labute approximate surface area is 92.2 Å². The summed E-state index contributed by atoms with van der Waals surface area (Å²) in [6, 6.07) is -0.993. The molecule has 1 rings (SSSR count). The van der Waals surface area contributed by atoms with Gasteiger partial charge in [-0.05, 0) is 25.9 Å². The standard InChI is InChI=1S/C9H16F3N3O/c1-13-8(16)15(6-9(10,11)12)7-2-4-14-5-3-7/h7,14H,2-6H2,1H3,(H,13,16). The van der Waals surface area contributed by atoms with Gasteiger partial charge in [-0.15, -0.1) is 0 Å². The van der Waals surface area contributed by atoms with Gasteiger partial charge in [0.25, 0.3) is 0 Å². The fourth-order valence-corrected chi connectivity index (χ4v) is 1.82. The number of carbonyl (C=O) groups excluding carboxylic acids is 1. The predicted molar refractivity (Wildman–Crippen MR) is 53.1 cm³/mol. The van der Waals surface area contributed by atoms with Crippen LogP contribution in [0.2, 0.25) is 0 Å². The van der Waals surface area contributed by atoms with Crippen molar-refractivity contribution in [1.29, 1.82) is 0 Å². The molecular weight excluding hydrogens is 223 g/mol.